The summed E-state index contributed by atoms with van der Waals surface area (Å²) in [6, 6.07) is 5.30. The second kappa shape index (κ2) is 4.23. The molecule has 0 spiro atoms. The molecule has 6 heteroatoms. The number of thioether (sulfide) groups is 1. The average Bonchev–Trinajstić information content (AvgIpc) is 2.44. The van der Waals surface area contributed by atoms with E-state index in [1.54, 1.807) is 19.1 Å². The monoisotopic (exact) mass is 326 g/mol. The molecule has 0 aliphatic rings. The topological polar surface area (TPSA) is 0 Å². The molecule has 2 rings (SSSR count). The van der Waals surface area contributed by atoms with Crippen LogP contribution in [-0.4, -0.2) is 5.51 Å². The van der Waals surface area contributed by atoms with Crippen LogP contribution in [0.25, 0.3) is 10.1 Å². The summed E-state index contributed by atoms with van der Waals surface area (Å²) in [4.78, 5) is 1.01. The largest absolute Gasteiger partial charge is 0.446 e. The molecule has 0 fully saturated rings. The van der Waals surface area contributed by atoms with Gasteiger partial charge in [0.05, 0.1) is 0 Å². The lowest BCUT2D eigenvalue weighted by molar-refractivity contribution is -0.0327. The number of thiophene rings is 1. The van der Waals surface area contributed by atoms with Crippen LogP contribution in [0.5, 0.6) is 0 Å². The van der Waals surface area contributed by atoms with Crippen LogP contribution in [0.4, 0.5) is 13.2 Å². The third kappa shape index (κ3) is 2.38. The van der Waals surface area contributed by atoms with Crippen LogP contribution >= 0.6 is 39.0 Å². The molecule has 0 nitrogen and oxygen atoms in total. The Morgan fingerprint density at radius 2 is 2.00 bits per heavy atom. The smallest absolute Gasteiger partial charge is 0.160 e. The fourth-order valence-electron chi connectivity index (χ4n) is 1.42. The summed E-state index contributed by atoms with van der Waals surface area (Å²) in [6.07, 6.45) is 0. The van der Waals surface area contributed by atoms with E-state index in [2.05, 4.69) is 15.9 Å². The first-order valence-corrected chi connectivity index (χ1v) is 6.74. The molecule has 0 N–H and O–H groups in total. The van der Waals surface area contributed by atoms with Gasteiger partial charge in [0.1, 0.15) is 0 Å². The summed E-state index contributed by atoms with van der Waals surface area (Å²) in [5.74, 6) is 0. The minimum atomic E-state index is -4.24. The zero-order chi connectivity index (χ0) is 11.9. The Bertz CT molecular complexity index is 531. The molecule has 16 heavy (non-hydrogen) atoms. The Kier molecular flexibility index (Phi) is 3.25. The highest BCUT2D eigenvalue weighted by molar-refractivity contribution is 9.10. The van der Waals surface area contributed by atoms with Gasteiger partial charge in [-0.1, -0.05) is 12.1 Å². The van der Waals surface area contributed by atoms with Gasteiger partial charge in [0.25, 0.3) is 0 Å². The van der Waals surface area contributed by atoms with Gasteiger partial charge < -0.3 is 0 Å². The molecular weight excluding hydrogens is 321 g/mol. The van der Waals surface area contributed by atoms with Crippen LogP contribution in [0, 0.1) is 6.92 Å². The van der Waals surface area contributed by atoms with Crippen molar-refractivity contribution in [3.8, 4) is 0 Å². The van der Waals surface area contributed by atoms with Crippen molar-refractivity contribution >= 4 is 49.1 Å². The van der Waals surface area contributed by atoms with E-state index in [0.29, 0.717) is 15.2 Å². The van der Waals surface area contributed by atoms with Crippen molar-refractivity contribution < 1.29 is 13.2 Å². The zero-order valence-electron chi connectivity index (χ0n) is 8.06. The van der Waals surface area contributed by atoms with Gasteiger partial charge in [-0.25, -0.2) is 0 Å². The van der Waals surface area contributed by atoms with Crippen LogP contribution < -0.4 is 0 Å². The van der Waals surface area contributed by atoms with Crippen LogP contribution in [0.3, 0.4) is 0 Å². The van der Waals surface area contributed by atoms with E-state index in [1.165, 1.54) is 11.3 Å². The van der Waals surface area contributed by atoms with Crippen molar-refractivity contribution in [2.45, 2.75) is 17.3 Å². The van der Waals surface area contributed by atoms with Gasteiger partial charge in [-0.3, -0.25) is 0 Å². The summed E-state index contributed by atoms with van der Waals surface area (Å²) >= 11 is 4.68. The van der Waals surface area contributed by atoms with E-state index < -0.39 is 5.51 Å². The second-order valence-electron chi connectivity index (χ2n) is 3.15. The predicted octanol–water partition coefficient (Wildman–Crippen LogP) is 5.58. The SMILES string of the molecule is Cc1sc2c(Br)cccc2c1SC(F)(F)F. The van der Waals surface area contributed by atoms with Crippen molar-refractivity contribution in [1.82, 2.24) is 0 Å². The van der Waals surface area contributed by atoms with E-state index >= 15 is 0 Å². The predicted molar refractivity (Wildman–Crippen MR) is 66.2 cm³/mol. The lowest BCUT2D eigenvalue weighted by Crippen LogP contribution is -1.99. The normalized spacial score (nSPS) is 12.3. The van der Waals surface area contributed by atoms with E-state index in [0.717, 1.165) is 9.17 Å². The Hall–Kier alpha value is -0.200. The molecule has 1 heterocycles. The molecule has 86 valence electrons. The van der Waals surface area contributed by atoms with Crippen molar-refractivity contribution in [3.05, 3.63) is 27.5 Å². The van der Waals surface area contributed by atoms with E-state index in [4.69, 9.17) is 0 Å². The number of hydrogen-bond acceptors (Lipinski definition) is 2. The zero-order valence-corrected chi connectivity index (χ0v) is 11.3. The lowest BCUT2D eigenvalue weighted by Gasteiger charge is -2.05. The number of aryl methyl sites for hydroxylation is 1. The summed E-state index contributed by atoms with van der Waals surface area (Å²) in [7, 11) is 0. The van der Waals surface area contributed by atoms with E-state index in [1.807, 2.05) is 6.07 Å². The van der Waals surface area contributed by atoms with Crippen molar-refractivity contribution in [3.63, 3.8) is 0 Å². The summed E-state index contributed by atoms with van der Waals surface area (Å²) in [5, 5.41) is 0.666. The van der Waals surface area contributed by atoms with Gasteiger partial charge in [-0.2, -0.15) is 13.2 Å². The van der Waals surface area contributed by atoms with Crippen LogP contribution in [-0.2, 0) is 0 Å². The highest BCUT2D eigenvalue weighted by atomic mass is 79.9. The molecule has 0 aliphatic carbocycles. The summed E-state index contributed by atoms with van der Waals surface area (Å²) < 4.78 is 38.9. The summed E-state index contributed by atoms with van der Waals surface area (Å²) in [5.41, 5.74) is -4.24. The maximum atomic E-state index is 12.4. The third-order valence-electron chi connectivity index (χ3n) is 2.00. The molecule has 2 aromatic rings. The van der Waals surface area contributed by atoms with Gasteiger partial charge in [-0.15, -0.1) is 11.3 Å². The van der Waals surface area contributed by atoms with Crippen molar-refractivity contribution in [1.29, 1.82) is 0 Å². The molecule has 1 aromatic heterocycles. The number of hydrogen-bond donors (Lipinski definition) is 0. The van der Waals surface area contributed by atoms with Gasteiger partial charge in [0.2, 0.25) is 0 Å². The molecule has 0 saturated heterocycles. The molecule has 1 aromatic carbocycles. The van der Waals surface area contributed by atoms with Gasteiger partial charge >= 0.3 is 5.51 Å². The Morgan fingerprint density at radius 1 is 1.31 bits per heavy atom. The highest BCUT2D eigenvalue weighted by Crippen LogP contribution is 2.46. The average molecular weight is 327 g/mol. The van der Waals surface area contributed by atoms with Gasteiger partial charge in [-0.05, 0) is 40.7 Å². The van der Waals surface area contributed by atoms with Crippen LogP contribution in [0.2, 0.25) is 0 Å². The molecule has 0 radical (unpaired) electrons. The van der Waals surface area contributed by atoms with E-state index in [-0.39, 0.29) is 11.8 Å². The Morgan fingerprint density at radius 3 is 2.62 bits per heavy atom. The number of benzene rings is 1. The maximum Gasteiger partial charge on any atom is 0.446 e. The first kappa shape index (κ1) is 12.3. The minimum absolute atomic E-state index is 0.0382. The van der Waals surface area contributed by atoms with Crippen molar-refractivity contribution in [2.24, 2.45) is 0 Å². The van der Waals surface area contributed by atoms with Crippen LogP contribution in [0.15, 0.2) is 27.6 Å². The van der Waals surface area contributed by atoms with Crippen molar-refractivity contribution in [2.75, 3.05) is 0 Å². The van der Waals surface area contributed by atoms with Gasteiger partial charge in [0.15, 0.2) is 0 Å². The molecule has 0 bridgehead atoms. The van der Waals surface area contributed by atoms with Gasteiger partial charge in [0, 0.05) is 24.3 Å². The molecule has 0 saturated carbocycles. The third-order valence-corrected chi connectivity index (χ3v) is 5.17. The first-order chi connectivity index (χ1) is 7.38. The lowest BCUT2D eigenvalue weighted by atomic mass is 10.2. The molecular formula is C10H6BrF3S2. The Labute approximate surface area is 107 Å². The standard InChI is InChI=1S/C10H6BrF3S2/c1-5-8(16-10(12,13)14)6-3-2-4-7(11)9(6)15-5/h2-4H,1H3. The highest BCUT2D eigenvalue weighted by Gasteiger charge is 2.31. The van der Waals surface area contributed by atoms with E-state index in [9.17, 15) is 13.2 Å². The fourth-order valence-corrected chi connectivity index (χ4v) is 3.96. The maximum absolute atomic E-state index is 12.4. The second-order valence-corrected chi connectivity index (χ2v) is 6.31. The minimum Gasteiger partial charge on any atom is -0.160 e. The Balaban J connectivity index is 2.61. The number of rotatable bonds is 1. The quantitative estimate of drug-likeness (QED) is 0.616. The fraction of sp³-hybridized carbons (Fsp3) is 0.200. The number of alkyl halides is 3. The molecule has 0 aliphatic heterocycles. The number of fused-ring (bicyclic) bond motifs is 1. The molecule has 0 amide bonds. The first-order valence-electron chi connectivity index (χ1n) is 4.32. The number of halogens is 4. The molecule has 0 unspecified atom stereocenters. The molecule has 0 atom stereocenters. The summed E-state index contributed by atoms with van der Waals surface area (Å²) in [6.45, 7) is 1.71. The van der Waals surface area contributed by atoms with Crippen LogP contribution in [0.1, 0.15) is 4.88 Å².